The highest BCUT2D eigenvalue weighted by Gasteiger charge is 2.31. The predicted octanol–water partition coefficient (Wildman–Crippen LogP) is 3.97. The second-order valence-electron chi connectivity index (χ2n) is 7.71. The highest BCUT2D eigenvalue weighted by atomic mass is 19.4. The summed E-state index contributed by atoms with van der Waals surface area (Å²) >= 11 is 0. The minimum Gasteiger partial charge on any atom is -0.444 e. The number of nitrogens with one attached hydrogen (secondary N) is 2. The zero-order valence-electron chi connectivity index (χ0n) is 16.2. The maximum atomic E-state index is 12.7. The summed E-state index contributed by atoms with van der Waals surface area (Å²) in [5.74, 6) is -0.361. The predicted molar refractivity (Wildman–Crippen MR) is 98.3 cm³/mol. The Hall–Kier alpha value is -3.04. The molecule has 10 heteroatoms. The number of ether oxygens (including phenoxy) is 1. The van der Waals surface area contributed by atoms with Gasteiger partial charge in [-0.25, -0.2) is 4.79 Å². The third kappa shape index (κ3) is 4.87. The molecule has 0 fully saturated rings. The Kier molecular flexibility index (Phi) is 5.29. The summed E-state index contributed by atoms with van der Waals surface area (Å²) in [4.78, 5) is 26.2. The van der Waals surface area contributed by atoms with Crippen LogP contribution in [0.15, 0.2) is 24.3 Å². The van der Waals surface area contributed by atoms with Gasteiger partial charge in [0.05, 0.1) is 12.1 Å². The number of hydrogen-bond donors (Lipinski definition) is 2. The fourth-order valence-electron chi connectivity index (χ4n) is 2.87. The van der Waals surface area contributed by atoms with E-state index in [1.165, 1.54) is 4.90 Å². The molecule has 1 aromatic carbocycles. The SMILES string of the molecule is CC(C)(C)OC(=O)N1CCc2[nH]nc(NC(=O)c3ccc(C(F)(F)F)cc3)c2C1. The van der Waals surface area contributed by atoms with Gasteiger partial charge in [0.1, 0.15) is 5.60 Å². The number of amides is 2. The zero-order valence-corrected chi connectivity index (χ0v) is 16.2. The number of benzene rings is 1. The normalized spacial score (nSPS) is 14.3. The van der Waals surface area contributed by atoms with E-state index < -0.39 is 29.3 Å². The maximum absolute atomic E-state index is 12.7. The summed E-state index contributed by atoms with van der Waals surface area (Å²) in [5, 5.41) is 9.49. The van der Waals surface area contributed by atoms with Gasteiger partial charge in [-0.3, -0.25) is 9.89 Å². The molecule has 0 unspecified atom stereocenters. The molecule has 2 aromatic rings. The number of aromatic amines is 1. The van der Waals surface area contributed by atoms with Crippen LogP contribution in [-0.4, -0.2) is 39.2 Å². The van der Waals surface area contributed by atoms with Crippen LogP contribution in [0, 0.1) is 0 Å². The summed E-state index contributed by atoms with van der Waals surface area (Å²) in [7, 11) is 0. The van der Waals surface area contributed by atoms with Crippen molar-refractivity contribution >= 4 is 17.8 Å². The molecule has 2 amide bonds. The first kappa shape index (κ1) is 20.7. The van der Waals surface area contributed by atoms with E-state index in [0.717, 1.165) is 30.0 Å². The molecule has 0 saturated carbocycles. The molecular weight excluding hydrogens is 389 g/mol. The average molecular weight is 410 g/mol. The van der Waals surface area contributed by atoms with Crippen LogP contribution in [-0.2, 0) is 23.9 Å². The third-order valence-corrected chi connectivity index (χ3v) is 4.29. The Morgan fingerprint density at radius 1 is 1.17 bits per heavy atom. The van der Waals surface area contributed by atoms with E-state index in [0.29, 0.717) is 18.5 Å². The number of alkyl halides is 3. The molecule has 2 N–H and O–H groups in total. The lowest BCUT2D eigenvalue weighted by molar-refractivity contribution is -0.137. The number of rotatable bonds is 2. The smallest absolute Gasteiger partial charge is 0.416 e. The molecule has 1 aliphatic heterocycles. The van der Waals surface area contributed by atoms with Crippen molar-refractivity contribution in [3.05, 3.63) is 46.6 Å². The minimum absolute atomic E-state index is 0.0644. The number of carbonyl (C=O) groups is 2. The van der Waals surface area contributed by atoms with Gasteiger partial charge in [0.15, 0.2) is 5.82 Å². The number of carbonyl (C=O) groups excluding carboxylic acids is 2. The summed E-state index contributed by atoms with van der Waals surface area (Å²) in [6.07, 6.45) is -4.43. The van der Waals surface area contributed by atoms with E-state index in [1.807, 2.05) is 0 Å². The van der Waals surface area contributed by atoms with Crippen molar-refractivity contribution in [2.24, 2.45) is 0 Å². The summed E-state index contributed by atoms with van der Waals surface area (Å²) < 4.78 is 43.4. The van der Waals surface area contributed by atoms with Crippen molar-refractivity contribution < 1.29 is 27.5 Å². The first-order chi connectivity index (χ1) is 13.4. The largest absolute Gasteiger partial charge is 0.444 e. The number of aromatic nitrogens is 2. The Balaban J connectivity index is 1.72. The highest BCUT2D eigenvalue weighted by molar-refractivity contribution is 6.04. The molecule has 3 rings (SSSR count). The fraction of sp³-hybridized carbons (Fsp3) is 0.421. The summed E-state index contributed by atoms with van der Waals surface area (Å²) in [6, 6.07) is 3.90. The number of hydrogen-bond acceptors (Lipinski definition) is 4. The topological polar surface area (TPSA) is 87.3 Å². The first-order valence-corrected chi connectivity index (χ1v) is 8.97. The number of halogens is 3. The maximum Gasteiger partial charge on any atom is 0.416 e. The lowest BCUT2D eigenvalue weighted by atomic mass is 10.1. The van der Waals surface area contributed by atoms with Gasteiger partial charge in [0.25, 0.3) is 5.91 Å². The molecule has 0 saturated heterocycles. The second kappa shape index (κ2) is 7.41. The second-order valence-corrected chi connectivity index (χ2v) is 7.71. The molecule has 0 atom stereocenters. The van der Waals surface area contributed by atoms with Gasteiger partial charge in [0.2, 0.25) is 0 Å². The Labute approximate surface area is 165 Å². The van der Waals surface area contributed by atoms with Crippen LogP contribution in [0.5, 0.6) is 0 Å². The summed E-state index contributed by atoms with van der Waals surface area (Å²) in [6.45, 7) is 5.95. The van der Waals surface area contributed by atoms with E-state index in [4.69, 9.17) is 4.74 Å². The van der Waals surface area contributed by atoms with E-state index in [2.05, 4.69) is 15.5 Å². The number of nitrogens with zero attached hydrogens (tertiary/aromatic N) is 2. The lowest BCUT2D eigenvalue weighted by Gasteiger charge is -2.30. The molecule has 1 aromatic heterocycles. The molecule has 0 aliphatic carbocycles. The number of anilines is 1. The van der Waals surface area contributed by atoms with E-state index in [-0.39, 0.29) is 17.9 Å². The molecule has 0 bridgehead atoms. The average Bonchev–Trinajstić information content (AvgIpc) is 3.02. The molecule has 0 radical (unpaired) electrons. The van der Waals surface area contributed by atoms with Crippen molar-refractivity contribution in [1.82, 2.24) is 15.1 Å². The van der Waals surface area contributed by atoms with Crippen LogP contribution in [0.2, 0.25) is 0 Å². The van der Waals surface area contributed by atoms with Crippen LogP contribution < -0.4 is 5.32 Å². The van der Waals surface area contributed by atoms with Crippen molar-refractivity contribution in [2.45, 2.75) is 45.5 Å². The van der Waals surface area contributed by atoms with Crippen LogP contribution in [0.3, 0.4) is 0 Å². The molecule has 1 aliphatic rings. The molecule has 0 spiro atoms. The zero-order chi connectivity index (χ0) is 21.4. The standard InChI is InChI=1S/C19H21F3N4O3/c1-18(2,3)29-17(28)26-9-8-14-13(10-26)15(25-24-14)23-16(27)11-4-6-12(7-5-11)19(20,21)22/h4-7H,8-10H2,1-3H3,(H2,23,24,25,27). The number of H-pyrrole nitrogens is 1. The monoisotopic (exact) mass is 410 g/mol. The number of fused-ring (bicyclic) bond motifs is 1. The van der Waals surface area contributed by atoms with Crippen LogP contribution >= 0.6 is 0 Å². The van der Waals surface area contributed by atoms with Crippen molar-refractivity contribution in [2.75, 3.05) is 11.9 Å². The Morgan fingerprint density at radius 3 is 2.41 bits per heavy atom. The van der Waals surface area contributed by atoms with E-state index in [1.54, 1.807) is 20.8 Å². The highest BCUT2D eigenvalue weighted by Crippen LogP contribution is 2.29. The molecular formula is C19H21F3N4O3. The van der Waals surface area contributed by atoms with Crippen molar-refractivity contribution in [3.8, 4) is 0 Å². The van der Waals surface area contributed by atoms with E-state index in [9.17, 15) is 22.8 Å². The fourth-order valence-corrected chi connectivity index (χ4v) is 2.87. The van der Waals surface area contributed by atoms with Gasteiger partial charge in [-0.2, -0.15) is 18.3 Å². The van der Waals surface area contributed by atoms with Gasteiger partial charge in [-0.05, 0) is 45.0 Å². The van der Waals surface area contributed by atoms with Crippen LogP contribution in [0.4, 0.5) is 23.8 Å². The lowest BCUT2D eigenvalue weighted by Crippen LogP contribution is -2.40. The Morgan fingerprint density at radius 2 is 1.83 bits per heavy atom. The van der Waals surface area contributed by atoms with Crippen molar-refractivity contribution in [3.63, 3.8) is 0 Å². The van der Waals surface area contributed by atoms with Gasteiger partial charge < -0.3 is 15.0 Å². The Bertz CT molecular complexity index is 914. The first-order valence-electron chi connectivity index (χ1n) is 8.97. The van der Waals surface area contributed by atoms with Crippen LogP contribution in [0.25, 0.3) is 0 Å². The quantitative estimate of drug-likeness (QED) is 0.784. The molecule has 29 heavy (non-hydrogen) atoms. The van der Waals surface area contributed by atoms with E-state index >= 15 is 0 Å². The van der Waals surface area contributed by atoms with Crippen LogP contribution in [0.1, 0.15) is 48.0 Å². The molecule has 2 heterocycles. The van der Waals surface area contributed by atoms with Crippen molar-refractivity contribution in [1.29, 1.82) is 0 Å². The summed E-state index contributed by atoms with van der Waals surface area (Å²) in [5.41, 5.74) is 0.0246. The van der Waals surface area contributed by atoms with Gasteiger partial charge >= 0.3 is 12.3 Å². The molecule has 156 valence electrons. The minimum atomic E-state index is -4.47. The van der Waals surface area contributed by atoms with Gasteiger partial charge in [-0.1, -0.05) is 0 Å². The van der Waals surface area contributed by atoms with Gasteiger partial charge in [0, 0.05) is 29.8 Å². The van der Waals surface area contributed by atoms with Gasteiger partial charge in [-0.15, -0.1) is 0 Å². The third-order valence-electron chi connectivity index (χ3n) is 4.29. The molecule has 7 nitrogen and oxygen atoms in total.